The fraction of sp³-hybridized carbons (Fsp3) is 0.258. The number of carbonyl (C=O) groups excluding carboxylic acids is 1. The van der Waals surface area contributed by atoms with Gasteiger partial charge in [0.2, 0.25) is 5.75 Å². The third-order valence-corrected chi connectivity index (χ3v) is 6.46. The lowest BCUT2D eigenvalue weighted by Crippen LogP contribution is -2.39. The highest BCUT2D eigenvalue weighted by atomic mass is 16.5. The molecule has 0 saturated heterocycles. The molecule has 0 aliphatic heterocycles. The highest BCUT2D eigenvalue weighted by Crippen LogP contribution is 2.41. The average molecular weight is 531 g/mol. The number of fused-ring (bicyclic) bond motifs is 1. The van der Waals surface area contributed by atoms with E-state index in [0.29, 0.717) is 35.5 Å². The molecular weight excluding hydrogens is 496 g/mol. The van der Waals surface area contributed by atoms with Gasteiger partial charge in [0.25, 0.3) is 5.91 Å². The number of amides is 1. The molecule has 0 saturated carbocycles. The first kappa shape index (κ1) is 27.6. The standard InChI is InChI=1S/C31H34N2O6/c1-19(2)11-12-39-27-10-9-20(21-15-28(37-3)30(35)29(16-21)38-4)14-25(27)31(36)33-23(18-34)13-22-17-32-26-8-6-5-7-24(22)26/h5-11,14-17,23,32,34-35H,12-13,18H2,1-4H3,(H,33,36). The number of aromatic hydroxyl groups is 1. The molecule has 204 valence electrons. The number of aliphatic hydroxyl groups excluding tert-OH is 1. The number of aromatic nitrogens is 1. The lowest BCUT2D eigenvalue weighted by atomic mass is 10.00. The first-order chi connectivity index (χ1) is 18.8. The van der Waals surface area contributed by atoms with Gasteiger partial charge in [0.15, 0.2) is 11.5 Å². The van der Waals surface area contributed by atoms with E-state index < -0.39 is 6.04 Å². The Labute approximate surface area is 227 Å². The third kappa shape index (κ3) is 6.35. The molecule has 0 radical (unpaired) electrons. The van der Waals surface area contributed by atoms with Crippen LogP contribution in [0.4, 0.5) is 0 Å². The molecule has 39 heavy (non-hydrogen) atoms. The van der Waals surface area contributed by atoms with Crippen molar-refractivity contribution in [1.82, 2.24) is 10.3 Å². The van der Waals surface area contributed by atoms with Gasteiger partial charge in [0.05, 0.1) is 32.4 Å². The molecule has 1 unspecified atom stereocenters. The summed E-state index contributed by atoms with van der Waals surface area (Å²) in [5.41, 5.74) is 4.80. The second-order valence-electron chi connectivity index (χ2n) is 9.45. The van der Waals surface area contributed by atoms with E-state index in [1.807, 2.05) is 56.5 Å². The van der Waals surface area contributed by atoms with Gasteiger partial charge < -0.3 is 34.7 Å². The Morgan fingerprint density at radius 3 is 2.38 bits per heavy atom. The number of hydrogen-bond acceptors (Lipinski definition) is 6. The number of methoxy groups -OCH3 is 2. The Morgan fingerprint density at radius 2 is 1.72 bits per heavy atom. The summed E-state index contributed by atoms with van der Waals surface area (Å²) in [6.45, 7) is 4.03. The Hall–Kier alpha value is -4.43. The van der Waals surface area contributed by atoms with Crippen LogP contribution in [0.1, 0.15) is 29.8 Å². The summed E-state index contributed by atoms with van der Waals surface area (Å²) in [7, 11) is 2.92. The number of allylic oxidation sites excluding steroid dienone is 1. The number of hydrogen-bond donors (Lipinski definition) is 4. The molecule has 4 aromatic rings. The van der Waals surface area contributed by atoms with Crippen molar-refractivity contribution in [2.45, 2.75) is 26.3 Å². The number of benzene rings is 3. The number of aromatic amines is 1. The fourth-order valence-corrected chi connectivity index (χ4v) is 4.36. The number of para-hydroxylation sites is 1. The molecule has 1 heterocycles. The van der Waals surface area contributed by atoms with Gasteiger partial charge in [0.1, 0.15) is 12.4 Å². The van der Waals surface area contributed by atoms with Crippen LogP contribution in [-0.4, -0.2) is 54.6 Å². The highest BCUT2D eigenvalue weighted by Gasteiger charge is 2.21. The van der Waals surface area contributed by atoms with E-state index >= 15 is 0 Å². The molecule has 8 nitrogen and oxygen atoms in total. The molecule has 3 aromatic carbocycles. The topological polar surface area (TPSA) is 113 Å². The third-order valence-electron chi connectivity index (χ3n) is 6.46. The summed E-state index contributed by atoms with van der Waals surface area (Å²) in [6.07, 6.45) is 4.28. The fourth-order valence-electron chi connectivity index (χ4n) is 4.36. The minimum atomic E-state index is -0.514. The molecule has 0 spiro atoms. The number of ether oxygens (including phenoxy) is 3. The zero-order chi connectivity index (χ0) is 27.9. The van der Waals surface area contributed by atoms with Crippen LogP contribution in [0.2, 0.25) is 0 Å². The summed E-state index contributed by atoms with van der Waals surface area (Å²) in [6, 6.07) is 16.0. The number of phenolic OH excluding ortho intramolecular Hbond substituents is 1. The maximum Gasteiger partial charge on any atom is 0.255 e. The van der Waals surface area contributed by atoms with Gasteiger partial charge in [-0.05, 0) is 73.4 Å². The van der Waals surface area contributed by atoms with Crippen molar-refractivity contribution in [3.63, 3.8) is 0 Å². The van der Waals surface area contributed by atoms with Crippen LogP contribution in [0, 0.1) is 0 Å². The molecule has 0 fully saturated rings. The minimum Gasteiger partial charge on any atom is -0.502 e. The summed E-state index contributed by atoms with van der Waals surface area (Å²) >= 11 is 0. The Balaban J connectivity index is 1.66. The van der Waals surface area contributed by atoms with Gasteiger partial charge in [0, 0.05) is 17.1 Å². The van der Waals surface area contributed by atoms with Crippen LogP contribution in [0.15, 0.2) is 72.4 Å². The molecular formula is C31H34N2O6. The van der Waals surface area contributed by atoms with Crippen LogP contribution >= 0.6 is 0 Å². The Morgan fingerprint density at radius 1 is 1.00 bits per heavy atom. The maximum atomic E-state index is 13.6. The lowest BCUT2D eigenvalue weighted by molar-refractivity contribution is 0.0913. The van der Waals surface area contributed by atoms with Crippen LogP contribution < -0.4 is 19.5 Å². The molecule has 4 N–H and O–H groups in total. The van der Waals surface area contributed by atoms with Crippen LogP contribution in [0.5, 0.6) is 23.0 Å². The van der Waals surface area contributed by atoms with E-state index in [-0.39, 0.29) is 29.8 Å². The summed E-state index contributed by atoms with van der Waals surface area (Å²) in [5.74, 6) is 0.430. The zero-order valence-corrected chi connectivity index (χ0v) is 22.6. The largest absolute Gasteiger partial charge is 0.502 e. The van der Waals surface area contributed by atoms with E-state index in [2.05, 4.69) is 10.3 Å². The van der Waals surface area contributed by atoms with Crippen molar-refractivity contribution in [3.05, 3.63) is 83.6 Å². The van der Waals surface area contributed by atoms with Gasteiger partial charge in [-0.15, -0.1) is 0 Å². The predicted molar refractivity (Wildman–Crippen MR) is 152 cm³/mol. The quantitative estimate of drug-likeness (QED) is 0.197. The van der Waals surface area contributed by atoms with Crippen molar-refractivity contribution in [1.29, 1.82) is 0 Å². The van der Waals surface area contributed by atoms with E-state index in [0.717, 1.165) is 22.0 Å². The second-order valence-corrected chi connectivity index (χ2v) is 9.45. The number of rotatable bonds is 11. The van der Waals surface area contributed by atoms with Crippen molar-refractivity contribution < 1.29 is 29.2 Å². The Kier molecular flexibility index (Phi) is 8.78. The van der Waals surface area contributed by atoms with Gasteiger partial charge >= 0.3 is 0 Å². The molecule has 0 bridgehead atoms. The molecule has 1 aromatic heterocycles. The number of aliphatic hydroxyl groups is 1. The van der Waals surface area contributed by atoms with Crippen LogP contribution in [0.25, 0.3) is 22.0 Å². The normalized spacial score (nSPS) is 11.6. The highest BCUT2D eigenvalue weighted by molar-refractivity contribution is 5.98. The van der Waals surface area contributed by atoms with Crippen LogP contribution in [-0.2, 0) is 6.42 Å². The number of phenols is 1. The van der Waals surface area contributed by atoms with Gasteiger partial charge in [-0.1, -0.05) is 29.8 Å². The number of H-pyrrole nitrogens is 1. The second kappa shape index (κ2) is 12.4. The average Bonchev–Trinajstić information content (AvgIpc) is 3.35. The maximum absolute atomic E-state index is 13.6. The summed E-state index contributed by atoms with van der Waals surface area (Å²) < 4.78 is 16.6. The first-order valence-electron chi connectivity index (χ1n) is 12.7. The predicted octanol–water partition coefficient (Wildman–Crippen LogP) is 5.24. The van der Waals surface area contributed by atoms with Gasteiger partial charge in [-0.3, -0.25) is 4.79 Å². The zero-order valence-electron chi connectivity index (χ0n) is 22.6. The Bertz CT molecular complexity index is 1460. The monoisotopic (exact) mass is 530 g/mol. The molecule has 1 atom stereocenters. The molecule has 8 heteroatoms. The van der Waals surface area contributed by atoms with Crippen molar-refractivity contribution in [2.75, 3.05) is 27.4 Å². The smallest absolute Gasteiger partial charge is 0.255 e. The molecule has 0 aliphatic carbocycles. The lowest BCUT2D eigenvalue weighted by Gasteiger charge is -2.19. The molecule has 0 aliphatic rings. The SMILES string of the molecule is COc1cc(-c2ccc(OCC=C(C)C)c(C(=O)NC(CO)Cc3c[nH]c4ccccc34)c2)cc(OC)c1O. The number of nitrogens with one attached hydrogen (secondary N) is 2. The van der Waals surface area contributed by atoms with E-state index in [4.69, 9.17) is 14.2 Å². The minimum absolute atomic E-state index is 0.105. The van der Waals surface area contributed by atoms with Crippen LogP contribution in [0.3, 0.4) is 0 Å². The van der Waals surface area contributed by atoms with Crippen molar-refractivity contribution in [2.24, 2.45) is 0 Å². The van der Waals surface area contributed by atoms with E-state index in [1.165, 1.54) is 14.2 Å². The van der Waals surface area contributed by atoms with E-state index in [1.54, 1.807) is 24.3 Å². The summed E-state index contributed by atoms with van der Waals surface area (Å²) in [5, 5.41) is 24.5. The van der Waals surface area contributed by atoms with Crippen molar-refractivity contribution in [3.8, 4) is 34.1 Å². The molecule has 1 amide bonds. The summed E-state index contributed by atoms with van der Waals surface area (Å²) in [4.78, 5) is 16.8. The molecule has 4 rings (SSSR count). The van der Waals surface area contributed by atoms with Gasteiger partial charge in [-0.25, -0.2) is 0 Å². The van der Waals surface area contributed by atoms with E-state index in [9.17, 15) is 15.0 Å². The number of carbonyl (C=O) groups is 1. The van der Waals surface area contributed by atoms with Gasteiger partial charge in [-0.2, -0.15) is 0 Å². The first-order valence-corrected chi connectivity index (χ1v) is 12.7. The van der Waals surface area contributed by atoms with Crippen molar-refractivity contribution >= 4 is 16.8 Å².